The van der Waals surface area contributed by atoms with Crippen molar-refractivity contribution in [2.24, 2.45) is 0 Å². The maximum atomic E-state index is 13.1. The predicted octanol–water partition coefficient (Wildman–Crippen LogP) is 2.46. The summed E-state index contributed by atoms with van der Waals surface area (Å²) in [5.74, 6) is -1.26. The summed E-state index contributed by atoms with van der Waals surface area (Å²) in [4.78, 5) is 12.4. The number of sulfonamides is 1. The van der Waals surface area contributed by atoms with Gasteiger partial charge in [-0.25, -0.2) is 12.8 Å². The van der Waals surface area contributed by atoms with Crippen LogP contribution in [0, 0.1) is 12.7 Å². The van der Waals surface area contributed by atoms with Crippen LogP contribution in [0.1, 0.15) is 5.56 Å². The summed E-state index contributed by atoms with van der Waals surface area (Å²) in [5.41, 5.74) is 1.44. The van der Waals surface area contributed by atoms with E-state index in [0.29, 0.717) is 5.69 Å². The van der Waals surface area contributed by atoms with Gasteiger partial charge in [-0.1, -0.05) is 17.7 Å². The third-order valence-corrected chi connectivity index (χ3v) is 5.22. The topological polar surface area (TPSA) is 87.3 Å². The highest BCUT2D eigenvalue weighted by Crippen LogP contribution is 2.27. The number of benzene rings is 2. The number of hydrogen-bond acceptors (Lipinski definition) is 4. The number of fused-ring (bicyclic) bond motifs is 1. The lowest BCUT2D eigenvalue weighted by Crippen LogP contribution is -2.51. The maximum Gasteiger partial charge on any atom is 0.262 e. The Balaban J connectivity index is 1.85. The Morgan fingerprint density at radius 3 is 2.71 bits per heavy atom. The Kier molecular flexibility index (Phi) is 4.20. The third-order valence-electron chi connectivity index (χ3n) is 3.45. The molecule has 0 aromatic heterocycles. The predicted molar refractivity (Wildman–Crippen MR) is 89.0 cm³/mol. The van der Waals surface area contributed by atoms with Gasteiger partial charge in [0.05, 0.1) is 10.7 Å². The molecule has 1 amide bonds. The number of aryl methyl sites for hydroxylation is 1. The fourth-order valence-electron chi connectivity index (χ4n) is 2.30. The molecule has 0 bridgehead atoms. The zero-order chi connectivity index (χ0) is 17.5. The minimum absolute atomic E-state index is 0.0713. The van der Waals surface area contributed by atoms with Crippen molar-refractivity contribution in [3.8, 4) is 0 Å². The van der Waals surface area contributed by atoms with Crippen LogP contribution in [0.2, 0.25) is 5.02 Å². The van der Waals surface area contributed by atoms with Crippen LogP contribution in [0.25, 0.3) is 0 Å². The molecular formula is C15H13ClFN3O3S. The van der Waals surface area contributed by atoms with Crippen molar-refractivity contribution in [3.63, 3.8) is 0 Å². The van der Waals surface area contributed by atoms with Gasteiger partial charge in [0.15, 0.2) is 6.17 Å². The van der Waals surface area contributed by atoms with Crippen molar-refractivity contribution in [1.82, 2.24) is 4.72 Å². The van der Waals surface area contributed by atoms with E-state index in [-0.39, 0.29) is 15.6 Å². The average Bonchev–Trinajstić information content (AvgIpc) is 2.49. The van der Waals surface area contributed by atoms with Gasteiger partial charge in [-0.15, -0.1) is 0 Å². The zero-order valence-electron chi connectivity index (χ0n) is 12.4. The number of halogens is 2. The molecule has 0 aliphatic carbocycles. The van der Waals surface area contributed by atoms with E-state index in [2.05, 4.69) is 15.4 Å². The summed E-state index contributed by atoms with van der Waals surface area (Å²) in [6, 6.07) is 8.45. The molecule has 1 unspecified atom stereocenters. The van der Waals surface area contributed by atoms with E-state index in [1.165, 1.54) is 18.2 Å². The first-order valence-electron chi connectivity index (χ1n) is 6.92. The van der Waals surface area contributed by atoms with Crippen molar-refractivity contribution in [3.05, 3.63) is 52.8 Å². The third kappa shape index (κ3) is 3.21. The van der Waals surface area contributed by atoms with E-state index in [4.69, 9.17) is 11.6 Å². The van der Waals surface area contributed by atoms with Crippen LogP contribution in [-0.2, 0) is 14.8 Å². The molecule has 3 N–H and O–H groups in total. The first kappa shape index (κ1) is 16.7. The number of carbonyl (C=O) groups excluding carboxylic acids is 1. The maximum absolute atomic E-state index is 13.1. The molecule has 6 nitrogen and oxygen atoms in total. The molecule has 3 rings (SSSR count). The second kappa shape index (κ2) is 6.04. The summed E-state index contributed by atoms with van der Waals surface area (Å²) < 4.78 is 39.9. The number of anilines is 2. The largest absolute Gasteiger partial charge is 0.360 e. The van der Waals surface area contributed by atoms with Crippen LogP contribution < -0.4 is 15.4 Å². The van der Waals surface area contributed by atoms with Gasteiger partial charge in [-0.2, -0.15) is 4.72 Å². The van der Waals surface area contributed by atoms with Gasteiger partial charge in [-0.3, -0.25) is 4.79 Å². The second-order valence-corrected chi connectivity index (χ2v) is 7.41. The molecule has 0 spiro atoms. The Morgan fingerprint density at radius 1 is 1.25 bits per heavy atom. The minimum Gasteiger partial charge on any atom is -0.360 e. The number of nitrogens with one attached hydrogen (secondary N) is 3. The van der Waals surface area contributed by atoms with E-state index in [0.717, 1.165) is 11.6 Å². The fourth-order valence-corrected chi connectivity index (χ4v) is 3.74. The molecule has 126 valence electrons. The summed E-state index contributed by atoms with van der Waals surface area (Å²) in [5, 5.41) is 5.17. The minimum atomic E-state index is -3.82. The van der Waals surface area contributed by atoms with Crippen LogP contribution in [0.15, 0.2) is 41.3 Å². The molecule has 0 fully saturated rings. The number of hydrogen-bond donors (Lipinski definition) is 3. The molecule has 0 radical (unpaired) electrons. The molecule has 24 heavy (non-hydrogen) atoms. The van der Waals surface area contributed by atoms with Crippen LogP contribution in [0.5, 0.6) is 0 Å². The van der Waals surface area contributed by atoms with Crippen molar-refractivity contribution < 1.29 is 17.6 Å². The Morgan fingerprint density at radius 2 is 2.00 bits per heavy atom. The van der Waals surface area contributed by atoms with Crippen LogP contribution in [0.3, 0.4) is 0 Å². The SMILES string of the molecule is Cc1ccc2c(c1)NC(C(=O)Nc1ccc(F)c(Cl)c1)NS2(=O)=O. The Bertz CT molecular complexity index is 934. The van der Waals surface area contributed by atoms with E-state index >= 15 is 0 Å². The van der Waals surface area contributed by atoms with Gasteiger partial charge in [0.1, 0.15) is 10.7 Å². The highest BCUT2D eigenvalue weighted by Gasteiger charge is 2.33. The van der Waals surface area contributed by atoms with Crippen LogP contribution >= 0.6 is 11.6 Å². The molecule has 1 aliphatic rings. The van der Waals surface area contributed by atoms with Crippen LogP contribution in [0.4, 0.5) is 15.8 Å². The monoisotopic (exact) mass is 369 g/mol. The van der Waals surface area contributed by atoms with Gasteiger partial charge in [-0.05, 0) is 42.8 Å². The van der Waals surface area contributed by atoms with E-state index in [1.807, 2.05) is 6.92 Å². The first-order chi connectivity index (χ1) is 11.3. The molecule has 9 heteroatoms. The molecule has 2 aromatic carbocycles. The average molecular weight is 370 g/mol. The van der Waals surface area contributed by atoms with Crippen molar-refractivity contribution >= 4 is 38.9 Å². The van der Waals surface area contributed by atoms with Gasteiger partial charge in [0.2, 0.25) is 10.0 Å². The van der Waals surface area contributed by atoms with E-state index in [9.17, 15) is 17.6 Å². The zero-order valence-corrected chi connectivity index (χ0v) is 14.0. The lowest BCUT2D eigenvalue weighted by Gasteiger charge is -2.27. The van der Waals surface area contributed by atoms with Crippen LogP contribution in [-0.4, -0.2) is 20.5 Å². The van der Waals surface area contributed by atoms with Gasteiger partial charge >= 0.3 is 0 Å². The molecular weight excluding hydrogens is 357 g/mol. The summed E-state index contributed by atoms with van der Waals surface area (Å²) in [6.45, 7) is 1.81. The lowest BCUT2D eigenvalue weighted by atomic mass is 10.2. The van der Waals surface area contributed by atoms with Gasteiger partial charge in [0, 0.05) is 5.69 Å². The summed E-state index contributed by atoms with van der Waals surface area (Å²) in [6.07, 6.45) is -1.20. The Hall–Kier alpha value is -2.16. The molecule has 1 aliphatic heterocycles. The Labute approximate surface area is 143 Å². The normalized spacial score (nSPS) is 18.4. The number of carbonyl (C=O) groups is 1. The van der Waals surface area contributed by atoms with Gasteiger partial charge < -0.3 is 10.6 Å². The molecule has 1 atom stereocenters. The molecule has 2 aromatic rings. The molecule has 1 heterocycles. The summed E-state index contributed by atoms with van der Waals surface area (Å²) >= 11 is 5.66. The van der Waals surface area contributed by atoms with Crippen molar-refractivity contribution in [1.29, 1.82) is 0 Å². The highest BCUT2D eigenvalue weighted by molar-refractivity contribution is 7.89. The second-order valence-electron chi connectivity index (χ2n) is 5.32. The van der Waals surface area contributed by atoms with Crippen molar-refractivity contribution in [2.45, 2.75) is 18.0 Å². The first-order valence-corrected chi connectivity index (χ1v) is 8.78. The lowest BCUT2D eigenvalue weighted by molar-refractivity contribution is -0.117. The van der Waals surface area contributed by atoms with E-state index in [1.54, 1.807) is 12.1 Å². The number of rotatable bonds is 2. The van der Waals surface area contributed by atoms with Crippen molar-refractivity contribution in [2.75, 3.05) is 10.6 Å². The molecule has 0 saturated carbocycles. The summed E-state index contributed by atoms with van der Waals surface area (Å²) in [7, 11) is -3.82. The van der Waals surface area contributed by atoms with Gasteiger partial charge in [0.25, 0.3) is 5.91 Å². The number of amides is 1. The smallest absolute Gasteiger partial charge is 0.262 e. The highest BCUT2D eigenvalue weighted by atomic mass is 35.5. The quantitative estimate of drug-likeness (QED) is 0.758. The standard InChI is InChI=1S/C15H13ClFN3O3S/c1-8-2-5-13-12(6-8)19-14(20-24(13,22)23)15(21)18-9-3-4-11(17)10(16)7-9/h2-7,14,19-20H,1H3,(H,18,21). The molecule has 0 saturated heterocycles. The van der Waals surface area contributed by atoms with E-state index < -0.39 is 27.9 Å². The fraction of sp³-hybridized carbons (Fsp3) is 0.133.